The molecule has 0 aliphatic carbocycles. The van der Waals surface area contributed by atoms with E-state index >= 15 is 0 Å². The molecular formula is C13H16BrNO. The fourth-order valence-corrected chi connectivity index (χ4v) is 2.61. The summed E-state index contributed by atoms with van der Waals surface area (Å²) >= 11 is 3.45. The number of nitrogens with zero attached hydrogens (tertiary/aromatic N) is 1. The molecule has 1 aromatic carbocycles. The second-order valence-corrected chi connectivity index (χ2v) is 5.33. The molecule has 3 heteroatoms. The second kappa shape index (κ2) is 4.58. The van der Waals surface area contributed by atoms with Gasteiger partial charge in [-0.15, -0.1) is 0 Å². The van der Waals surface area contributed by atoms with Crippen LogP contribution in [-0.2, 0) is 0 Å². The number of hydrogen-bond acceptors (Lipinski definition) is 1. The Morgan fingerprint density at radius 1 is 1.50 bits per heavy atom. The van der Waals surface area contributed by atoms with Crippen LogP contribution in [0.1, 0.15) is 35.7 Å². The third-order valence-corrected chi connectivity index (χ3v) is 3.86. The van der Waals surface area contributed by atoms with Crippen LogP contribution in [0.25, 0.3) is 0 Å². The van der Waals surface area contributed by atoms with E-state index in [1.807, 2.05) is 30.0 Å². The quantitative estimate of drug-likeness (QED) is 0.773. The van der Waals surface area contributed by atoms with Gasteiger partial charge in [0.25, 0.3) is 5.91 Å². The normalized spacial score (nSPS) is 20.2. The average molecular weight is 282 g/mol. The Hall–Kier alpha value is -0.830. The summed E-state index contributed by atoms with van der Waals surface area (Å²) in [5.74, 6) is 0.153. The Kier molecular flexibility index (Phi) is 3.33. The van der Waals surface area contributed by atoms with Crippen molar-refractivity contribution < 1.29 is 4.79 Å². The van der Waals surface area contributed by atoms with Crippen molar-refractivity contribution in [1.82, 2.24) is 4.90 Å². The number of rotatable bonds is 1. The molecule has 1 saturated heterocycles. The summed E-state index contributed by atoms with van der Waals surface area (Å²) in [5.41, 5.74) is 1.91. The van der Waals surface area contributed by atoms with Crippen molar-refractivity contribution in [3.05, 3.63) is 33.8 Å². The number of aryl methyl sites for hydroxylation is 1. The monoisotopic (exact) mass is 281 g/mol. The summed E-state index contributed by atoms with van der Waals surface area (Å²) in [6, 6.07) is 6.29. The van der Waals surface area contributed by atoms with Crippen LogP contribution in [0.3, 0.4) is 0 Å². The zero-order valence-electron chi connectivity index (χ0n) is 9.66. The number of benzene rings is 1. The van der Waals surface area contributed by atoms with Crippen molar-refractivity contribution in [2.45, 2.75) is 32.7 Å². The van der Waals surface area contributed by atoms with E-state index in [-0.39, 0.29) is 5.91 Å². The van der Waals surface area contributed by atoms with Crippen molar-refractivity contribution in [3.63, 3.8) is 0 Å². The maximum atomic E-state index is 12.3. The molecule has 0 aromatic heterocycles. The number of hydrogen-bond donors (Lipinski definition) is 0. The van der Waals surface area contributed by atoms with Gasteiger partial charge in [-0.2, -0.15) is 0 Å². The lowest BCUT2D eigenvalue weighted by Gasteiger charge is -2.22. The fraction of sp³-hybridized carbons (Fsp3) is 0.462. The third kappa shape index (κ3) is 2.14. The van der Waals surface area contributed by atoms with Gasteiger partial charge < -0.3 is 4.90 Å². The molecule has 0 unspecified atom stereocenters. The maximum absolute atomic E-state index is 12.3. The van der Waals surface area contributed by atoms with E-state index < -0.39 is 0 Å². The Bertz CT molecular complexity index is 416. The average Bonchev–Trinajstić information content (AvgIpc) is 2.67. The molecule has 0 saturated carbocycles. The molecule has 1 amide bonds. The van der Waals surface area contributed by atoms with Gasteiger partial charge in [0.15, 0.2) is 0 Å². The minimum Gasteiger partial charge on any atom is -0.336 e. The number of carbonyl (C=O) groups is 1. The van der Waals surface area contributed by atoms with Gasteiger partial charge in [-0.05, 0) is 54.8 Å². The molecule has 1 heterocycles. The zero-order valence-corrected chi connectivity index (χ0v) is 11.3. The number of likely N-dealkylation sites (tertiary alicyclic amines) is 1. The highest BCUT2D eigenvalue weighted by atomic mass is 79.9. The van der Waals surface area contributed by atoms with Crippen LogP contribution in [0, 0.1) is 6.92 Å². The van der Waals surface area contributed by atoms with Gasteiger partial charge in [-0.25, -0.2) is 0 Å². The van der Waals surface area contributed by atoms with E-state index in [0.29, 0.717) is 6.04 Å². The molecule has 2 rings (SSSR count). The Morgan fingerprint density at radius 3 is 2.88 bits per heavy atom. The van der Waals surface area contributed by atoms with Crippen molar-refractivity contribution in [2.75, 3.05) is 6.54 Å². The van der Waals surface area contributed by atoms with E-state index in [4.69, 9.17) is 0 Å². The number of carbonyl (C=O) groups excluding carboxylic acids is 1. The summed E-state index contributed by atoms with van der Waals surface area (Å²) in [6.07, 6.45) is 2.24. The molecule has 1 aliphatic rings. The van der Waals surface area contributed by atoms with Gasteiger partial charge in [0.1, 0.15) is 0 Å². The van der Waals surface area contributed by atoms with Crippen LogP contribution in [-0.4, -0.2) is 23.4 Å². The highest BCUT2D eigenvalue weighted by Crippen LogP contribution is 2.24. The summed E-state index contributed by atoms with van der Waals surface area (Å²) in [6.45, 7) is 5.02. The van der Waals surface area contributed by atoms with Crippen molar-refractivity contribution in [3.8, 4) is 0 Å². The first-order valence-electron chi connectivity index (χ1n) is 5.66. The summed E-state index contributed by atoms with van der Waals surface area (Å²) in [7, 11) is 0. The van der Waals surface area contributed by atoms with Gasteiger partial charge in [0.05, 0.1) is 5.56 Å². The lowest BCUT2D eigenvalue weighted by molar-refractivity contribution is 0.0746. The molecule has 1 atom stereocenters. The number of halogens is 1. The molecule has 0 radical (unpaired) electrons. The molecule has 0 bridgehead atoms. The van der Waals surface area contributed by atoms with Gasteiger partial charge in [-0.1, -0.05) is 11.6 Å². The standard InChI is InChI=1S/C13H16BrNO/c1-9-5-6-12(14)11(8-9)13(16)15-7-3-4-10(15)2/h5-6,8,10H,3-4,7H2,1-2H3/t10-/m0/s1. The van der Waals surface area contributed by atoms with Gasteiger partial charge in [0, 0.05) is 17.1 Å². The van der Waals surface area contributed by atoms with E-state index in [1.54, 1.807) is 0 Å². The van der Waals surface area contributed by atoms with E-state index in [1.165, 1.54) is 0 Å². The Balaban J connectivity index is 2.29. The van der Waals surface area contributed by atoms with Crippen molar-refractivity contribution in [1.29, 1.82) is 0 Å². The summed E-state index contributed by atoms with van der Waals surface area (Å²) in [5, 5.41) is 0. The molecular weight excluding hydrogens is 266 g/mol. The summed E-state index contributed by atoms with van der Waals surface area (Å²) in [4.78, 5) is 14.3. The van der Waals surface area contributed by atoms with Crippen LogP contribution in [0.2, 0.25) is 0 Å². The molecule has 16 heavy (non-hydrogen) atoms. The topological polar surface area (TPSA) is 20.3 Å². The van der Waals surface area contributed by atoms with Crippen LogP contribution in [0.5, 0.6) is 0 Å². The van der Waals surface area contributed by atoms with Crippen LogP contribution < -0.4 is 0 Å². The zero-order chi connectivity index (χ0) is 11.7. The minimum absolute atomic E-state index is 0.153. The largest absolute Gasteiger partial charge is 0.336 e. The summed E-state index contributed by atoms with van der Waals surface area (Å²) < 4.78 is 0.891. The molecule has 1 aliphatic heterocycles. The minimum atomic E-state index is 0.153. The van der Waals surface area contributed by atoms with Gasteiger partial charge >= 0.3 is 0 Å². The molecule has 2 nitrogen and oxygen atoms in total. The first-order chi connectivity index (χ1) is 7.59. The predicted octanol–water partition coefficient (Wildman–Crippen LogP) is 3.38. The fourth-order valence-electron chi connectivity index (χ4n) is 2.19. The highest BCUT2D eigenvalue weighted by molar-refractivity contribution is 9.10. The van der Waals surface area contributed by atoms with Crippen molar-refractivity contribution >= 4 is 21.8 Å². The second-order valence-electron chi connectivity index (χ2n) is 4.47. The smallest absolute Gasteiger partial charge is 0.255 e. The first-order valence-corrected chi connectivity index (χ1v) is 6.46. The van der Waals surface area contributed by atoms with Crippen LogP contribution in [0.4, 0.5) is 0 Å². The molecule has 0 N–H and O–H groups in total. The van der Waals surface area contributed by atoms with Gasteiger partial charge in [0.2, 0.25) is 0 Å². The molecule has 1 aromatic rings. The maximum Gasteiger partial charge on any atom is 0.255 e. The Labute approximate surface area is 105 Å². The van der Waals surface area contributed by atoms with Crippen LogP contribution in [0.15, 0.2) is 22.7 Å². The first kappa shape index (κ1) is 11.6. The SMILES string of the molecule is Cc1ccc(Br)c(C(=O)N2CCC[C@@H]2C)c1. The highest BCUT2D eigenvalue weighted by Gasteiger charge is 2.26. The Morgan fingerprint density at radius 2 is 2.25 bits per heavy atom. The van der Waals surface area contributed by atoms with E-state index in [0.717, 1.165) is 35.0 Å². The lowest BCUT2D eigenvalue weighted by Crippen LogP contribution is -2.33. The molecule has 1 fully saturated rings. The molecule has 86 valence electrons. The molecule has 0 spiro atoms. The number of amides is 1. The van der Waals surface area contributed by atoms with E-state index in [2.05, 4.69) is 22.9 Å². The van der Waals surface area contributed by atoms with E-state index in [9.17, 15) is 4.79 Å². The van der Waals surface area contributed by atoms with Crippen LogP contribution >= 0.6 is 15.9 Å². The van der Waals surface area contributed by atoms with Crippen molar-refractivity contribution in [2.24, 2.45) is 0 Å². The van der Waals surface area contributed by atoms with Gasteiger partial charge in [-0.3, -0.25) is 4.79 Å². The third-order valence-electron chi connectivity index (χ3n) is 3.17. The predicted molar refractivity (Wildman–Crippen MR) is 68.6 cm³/mol. The lowest BCUT2D eigenvalue weighted by atomic mass is 10.1.